The molecule has 0 atom stereocenters. The number of carbonyl (C=O) groups is 1. The van der Waals surface area contributed by atoms with Crippen LogP contribution in [0.25, 0.3) is 0 Å². The van der Waals surface area contributed by atoms with Crippen molar-refractivity contribution in [3.8, 4) is 0 Å². The fourth-order valence-electron chi connectivity index (χ4n) is 0.901. The molecule has 1 aromatic rings. The molecule has 3 nitrogen and oxygen atoms in total. The van der Waals surface area contributed by atoms with Crippen LogP contribution in [-0.4, -0.2) is 10.2 Å². The number of thioether (sulfide) groups is 1. The summed E-state index contributed by atoms with van der Waals surface area (Å²) in [6.45, 7) is 2.03. The second kappa shape index (κ2) is 4.11. The normalized spacial score (nSPS) is 9.75. The van der Waals surface area contributed by atoms with Crippen molar-refractivity contribution >= 4 is 17.0 Å². The van der Waals surface area contributed by atoms with E-state index < -0.39 is 5.24 Å². The Morgan fingerprint density at radius 2 is 2.50 bits per heavy atom. The summed E-state index contributed by atoms with van der Waals surface area (Å²) in [6, 6.07) is 1.89. The molecule has 12 heavy (non-hydrogen) atoms. The van der Waals surface area contributed by atoms with Crippen LogP contribution in [0.1, 0.15) is 12.5 Å². The number of nitrogens with two attached hydrogens (primary N) is 1. The molecule has 1 heterocycles. The first kappa shape index (κ1) is 9.06. The van der Waals surface area contributed by atoms with Gasteiger partial charge >= 0.3 is 0 Å². The number of primary amides is 1. The number of amides is 1. The van der Waals surface area contributed by atoms with Crippen LogP contribution in [0.2, 0.25) is 0 Å². The molecule has 0 aromatic carbocycles. The van der Waals surface area contributed by atoms with Crippen molar-refractivity contribution in [2.75, 3.05) is 0 Å². The molecule has 0 spiro atoms. The van der Waals surface area contributed by atoms with Gasteiger partial charge in [0.25, 0.3) is 5.24 Å². The Bertz CT molecular complexity index is 288. The molecule has 1 amide bonds. The van der Waals surface area contributed by atoms with Crippen molar-refractivity contribution in [1.82, 2.24) is 4.98 Å². The number of carbonyl (C=O) groups excluding carboxylic acids is 1. The van der Waals surface area contributed by atoms with Gasteiger partial charge in [-0.25, -0.2) is 0 Å². The average Bonchev–Trinajstić information content (AvgIpc) is 2.04. The molecule has 2 N–H and O–H groups in total. The van der Waals surface area contributed by atoms with Gasteiger partial charge in [0, 0.05) is 17.3 Å². The Hall–Kier alpha value is -1.03. The van der Waals surface area contributed by atoms with Gasteiger partial charge in [0.1, 0.15) is 0 Å². The van der Waals surface area contributed by atoms with E-state index in [1.807, 2.05) is 13.0 Å². The summed E-state index contributed by atoms with van der Waals surface area (Å²) in [5.41, 5.74) is 6.15. The first-order chi connectivity index (χ1) is 5.74. The first-order valence-corrected chi connectivity index (χ1v) is 4.46. The second-order valence-electron chi connectivity index (χ2n) is 2.26. The molecule has 0 aliphatic heterocycles. The highest BCUT2D eigenvalue weighted by molar-refractivity contribution is 8.13. The fourth-order valence-corrected chi connectivity index (χ4v) is 1.57. The first-order valence-electron chi connectivity index (χ1n) is 3.64. The number of aromatic nitrogens is 1. The molecule has 1 aromatic heterocycles. The van der Waals surface area contributed by atoms with E-state index in [1.165, 1.54) is 0 Å². The molecular formula is C8H10N2OS. The Kier molecular flexibility index (Phi) is 3.10. The van der Waals surface area contributed by atoms with Gasteiger partial charge in [0.15, 0.2) is 0 Å². The maximum absolute atomic E-state index is 10.6. The van der Waals surface area contributed by atoms with Crippen LogP contribution in [0.15, 0.2) is 23.4 Å². The zero-order valence-electron chi connectivity index (χ0n) is 6.78. The smallest absolute Gasteiger partial charge is 0.281 e. The molecular weight excluding hydrogens is 172 g/mol. The van der Waals surface area contributed by atoms with E-state index in [0.29, 0.717) is 0 Å². The van der Waals surface area contributed by atoms with Gasteiger partial charge in [-0.3, -0.25) is 9.78 Å². The minimum Gasteiger partial charge on any atom is -0.360 e. The lowest BCUT2D eigenvalue weighted by Gasteiger charge is -2.02. The van der Waals surface area contributed by atoms with Crippen molar-refractivity contribution in [2.45, 2.75) is 18.2 Å². The predicted octanol–water partition coefficient (Wildman–Crippen LogP) is 1.81. The minimum atomic E-state index is -0.391. The lowest BCUT2D eigenvalue weighted by Crippen LogP contribution is -2.02. The maximum atomic E-state index is 10.6. The van der Waals surface area contributed by atoms with Gasteiger partial charge < -0.3 is 5.73 Å². The SMILES string of the molecule is CCc1ccncc1SC(N)=O. The van der Waals surface area contributed by atoms with Gasteiger partial charge in [-0.1, -0.05) is 6.92 Å². The molecule has 0 radical (unpaired) electrons. The summed E-state index contributed by atoms with van der Waals surface area (Å²) < 4.78 is 0. The van der Waals surface area contributed by atoms with E-state index in [1.54, 1.807) is 12.4 Å². The molecule has 1 rings (SSSR count). The van der Waals surface area contributed by atoms with Crippen LogP contribution in [0.5, 0.6) is 0 Å². The molecule has 0 unspecified atom stereocenters. The van der Waals surface area contributed by atoms with Gasteiger partial charge in [0.05, 0.1) is 0 Å². The van der Waals surface area contributed by atoms with Crippen LogP contribution >= 0.6 is 11.8 Å². The molecule has 4 heteroatoms. The number of hydrogen-bond acceptors (Lipinski definition) is 3. The molecule has 0 aliphatic rings. The topological polar surface area (TPSA) is 56.0 Å². The highest BCUT2D eigenvalue weighted by Crippen LogP contribution is 2.21. The van der Waals surface area contributed by atoms with Crippen LogP contribution < -0.4 is 5.73 Å². The third-order valence-electron chi connectivity index (χ3n) is 1.46. The molecule has 64 valence electrons. The van der Waals surface area contributed by atoms with E-state index in [4.69, 9.17) is 5.73 Å². The summed E-state index contributed by atoms with van der Waals surface area (Å²) in [4.78, 5) is 15.4. The minimum absolute atomic E-state index is 0.391. The van der Waals surface area contributed by atoms with Crippen molar-refractivity contribution in [2.24, 2.45) is 5.73 Å². The van der Waals surface area contributed by atoms with Crippen LogP contribution in [0.3, 0.4) is 0 Å². The Labute approximate surface area is 75.4 Å². The third kappa shape index (κ3) is 2.23. The van der Waals surface area contributed by atoms with Crippen LogP contribution in [0.4, 0.5) is 4.79 Å². The van der Waals surface area contributed by atoms with Gasteiger partial charge in [-0.2, -0.15) is 0 Å². The number of nitrogens with zero attached hydrogens (tertiary/aromatic N) is 1. The van der Waals surface area contributed by atoms with Crippen LogP contribution in [0, 0.1) is 0 Å². The standard InChI is InChI=1S/C8H10N2OS/c1-2-6-3-4-10-5-7(6)12-8(9)11/h3-5H,2H2,1H3,(H2,9,11). The summed E-state index contributed by atoms with van der Waals surface area (Å²) >= 11 is 1.03. The largest absolute Gasteiger partial charge is 0.360 e. The van der Waals surface area contributed by atoms with Gasteiger partial charge in [-0.15, -0.1) is 0 Å². The summed E-state index contributed by atoms with van der Waals surface area (Å²) in [6.07, 6.45) is 4.26. The molecule has 0 fully saturated rings. The zero-order chi connectivity index (χ0) is 8.97. The Balaban J connectivity index is 2.89. The predicted molar refractivity (Wildman–Crippen MR) is 49.1 cm³/mol. The van der Waals surface area contributed by atoms with Crippen LogP contribution in [-0.2, 0) is 6.42 Å². The number of pyridine rings is 1. The van der Waals surface area contributed by atoms with Gasteiger partial charge in [-0.05, 0) is 29.8 Å². The summed E-state index contributed by atoms with van der Waals surface area (Å²) in [7, 11) is 0. The Morgan fingerprint density at radius 1 is 1.75 bits per heavy atom. The molecule has 0 aliphatic carbocycles. The van der Waals surface area contributed by atoms with Crippen molar-refractivity contribution in [3.05, 3.63) is 24.0 Å². The highest BCUT2D eigenvalue weighted by atomic mass is 32.2. The fraction of sp³-hybridized carbons (Fsp3) is 0.250. The van der Waals surface area contributed by atoms with Crippen molar-refractivity contribution < 1.29 is 4.79 Å². The molecule has 0 saturated carbocycles. The highest BCUT2D eigenvalue weighted by Gasteiger charge is 2.03. The summed E-state index contributed by atoms with van der Waals surface area (Å²) in [5.74, 6) is 0. The van der Waals surface area contributed by atoms with E-state index in [0.717, 1.165) is 28.6 Å². The number of hydrogen-bond donors (Lipinski definition) is 1. The number of rotatable bonds is 2. The Morgan fingerprint density at radius 3 is 3.08 bits per heavy atom. The average molecular weight is 182 g/mol. The molecule has 0 saturated heterocycles. The second-order valence-corrected chi connectivity index (χ2v) is 3.30. The van der Waals surface area contributed by atoms with Gasteiger partial charge in [0.2, 0.25) is 0 Å². The van der Waals surface area contributed by atoms with E-state index in [-0.39, 0.29) is 0 Å². The van der Waals surface area contributed by atoms with E-state index >= 15 is 0 Å². The quantitative estimate of drug-likeness (QED) is 0.710. The van der Waals surface area contributed by atoms with Crippen molar-refractivity contribution in [1.29, 1.82) is 0 Å². The van der Waals surface area contributed by atoms with E-state index in [9.17, 15) is 4.79 Å². The summed E-state index contributed by atoms with van der Waals surface area (Å²) in [5, 5.41) is -0.391. The zero-order valence-corrected chi connectivity index (χ0v) is 7.60. The monoisotopic (exact) mass is 182 g/mol. The third-order valence-corrected chi connectivity index (χ3v) is 2.25. The number of aryl methyl sites for hydroxylation is 1. The maximum Gasteiger partial charge on any atom is 0.281 e. The molecule has 0 bridgehead atoms. The van der Waals surface area contributed by atoms with E-state index in [2.05, 4.69) is 4.98 Å². The lowest BCUT2D eigenvalue weighted by atomic mass is 10.2. The van der Waals surface area contributed by atoms with Crippen molar-refractivity contribution in [3.63, 3.8) is 0 Å². The lowest BCUT2D eigenvalue weighted by molar-refractivity contribution is 0.267.